The van der Waals surface area contributed by atoms with Crippen LogP contribution < -0.4 is 4.90 Å². The van der Waals surface area contributed by atoms with Gasteiger partial charge in [-0.1, -0.05) is 37.1 Å². The summed E-state index contributed by atoms with van der Waals surface area (Å²) in [6.45, 7) is 5.09. The van der Waals surface area contributed by atoms with E-state index in [9.17, 15) is 27.9 Å². The molecule has 3 aliphatic rings. The molecule has 222 valence electrons. The molecule has 11 heteroatoms. The molecule has 0 aromatic heterocycles. The van der Waals surface area contributed by atoms with Crippen molar-refractivity contribution < 1.29 is 32.6 Å². The van der Waals surface area contributed by atoms with Gasteiger partial charge >= 0.3 is 0 Å². The summed E-state index contributed by atoms with van der Waals surface area (Å²) in [5, 5.41) is 11.7. The molecule has 2 fully saturated rings. The molecule has 2 amide bonds. The Morgan fingerprint density at radius 1 is 1.02 bits per heavy atom. The van der Waals surface area contributed by atoms with Gasteiger partial charge in [0.15, 0.2) is 5.54 Å². The smallest absolute Gasteiger partial charge is 0.296 e. The van der Waals surface area contributed by atoms with E-state index in [1.807, 2.05) is 0 Å². The first kappa shape index (κ1) is 29.7. The Balaban J connectivity index is 1.64. The van der Waals surface area contributed by atoms with Gasteiger partial charge in [-0.25, -0.2) is 8.42 Å². The molecule has 5 rings (SSSR count). The number of Topliss-reactive ketones (excluding diaryl/α,β-unsaturated/α-hetero) is 1. The van der Waals surface area contributed by atoms with Crippen molar-refractivity contribution in [3.05, 3.63) is 77.9 Å². The molecule has 1 N–H and O–H groups in total. The van der Waals surface area contributed by atoms with Crippen LogP contribution in [0.15, 0.2) is 71.7 Å². The minimum Gasteiger partial charge on any atom is -0.507 e. The van der Waals surface area contributed by atoms with E-state index in [1.54, 1.807) is 30.3 Å². The van der Waals surface area contributed by atoms with Gasteiger partial charge in [0, 0.05) is 51.0 Å². The highest BCUT2D eigenvalue weighted by Crippen LogP contribution is 2.53. The fourth-order valence-corrected chi connectivity index (χ4v) is 7.72. The molecule has 0 aliphatic carbocycles. The number of carbonyl (C=O) groups excluding carboxylic acids is 3. The van der Waals surface area contributed by atoms with E-state index in [-0.39, 0.29) is 35.7 Å². The van der Waals surface area contributed by atoms with Crippen molar-refractivity contribution in [2.45, 2.75) is 42.5 Å². The van der Waals surface area contributed by atoms with Crippen molar-refractivity contribution in [2.75, 3.05) is 44.8 Å². The van der Waals surface area contributed by atoms with Gasteiger partial charge in [-0.3, -0.25) is 14.4 Å². The quantitative estimate of drug-likeness (QED) is 0.155. The Hall–Kier alpha value is -3.80. The second kappa shape index (κ2) is 11.8. The van der Waals surface area contributed by atoms with E-state index in [1.165, 1.54) is 45.5 Å². The molecular weight excluding hydrogens is 558 g/mol. The molecule has 1 spiro atoms. The number of carbonyl (C=O) groups is 3. The van der Waals surface area contributed by atoms with Crippen LogP contribution in [0.1, 0.15) is 43.2 Å². The number of ketones is 1. The molecular formula is C31H35N3O7S. The van der Waals surface area contributed by atoms with Crippen LogP contribution in [0.5, 0.6) is 0 Å². The number of aliphatic hydroxyl groups excluding tert-OH is 1. The Kier molecular flexibility index (Phi) is 8.36. The van der Waals surface area contributed by atoms with Crippen molar-refractivity contribution in [2.24, 2.45) is 0 Å². The minimum absolute atomic E-state index is 0.0320. The number of aliphatic hydroxyl groups is 1. The number of rotatable bonds is 9. The summed E-state index contributed by atoms with van der Waals surface area (Å²) in [5.41, 5.74) is -1.23. The van der Waals surface area contributed by atoms with E-state index in [0.717, 1.165) is 25.7 Å². The predicted octanol–water partition coefficient (Wildman–Crippen LogP) is 3.40. The molecule has 3 heterocycles. The van der Waals surface area contributed by atoms with E-state index >= 15 is 0 Å². The maximum Gasteiger partial charge on any atom is 0.296 e. The Bertz CT molecular complexity index is 1540. The van der Waals surface area contributed by atoms with Crippen LogP contribution >= 0.6 is 0 Å². The van der Waals surface area contributed by atoms with E-state index < -0.39 is 38.9 Å². The van der Waals surface area contributed by atoms with Crippen molar-refractivity contribution in [3.8, 4) is 0 Å². The number of para-hydroxylation sites is 1. The molecule has 3 aliphatic heterocycles. The van der Waals surface area contributed by atoms with Crippen molar-refractivity contribution in [1.82, 2.24) is 9.21 Å². The zero-order chi connectivity index (χ0) is 30.1. The fourth-order valence-electron chi connectivity index (χ4n) is 6.20. The van der Waals surface area contributed by atoms with Crippen LogP contribution in [0.25, 0.3) is 5.76 Å². The lowest BCUT2D eigenvalue weighted by molar-refractivity contribution is -0.143. The van der Waals surface area contributed by atoms with Gasteiger partial charge < -0.3 is 19.6 Å². The Labute approximate surface area is 245 Å². The Morgan fingerprint density at radius 2 is 1.69 bits per heavy atom. The molecule has 0 radical (unpaired) electrons. The van der Waals surface area contributed by atoms with Crippen LogP contribution in [0, 0.1) is 0 Å². The summed E-state index contributed by atoms with van der Waals surface area (Å²) < 4.78 is 33.2. The first-order chi connectivity index (χ1) is 20.2. The van der Waals surface area contributed by atoms with Crippen LogP contribution in [0.4, 0.5) is 5.69 Å². The number of hydrogen-bond acceptors (Lipinski definition) is 7. The van der Waals surface area contributed by atoms with Crippen molar-refractivity contribution in [1.29, 1.82) is 0 Å². The molecule has 0 saturated carbocycles. The number of ether oxygens (including phenoxy) is 1. The third-order valence-corrected chi connectivity index (χ3v) is 10.1. The number of hydrogen-bond donors (Lipinski definition) is 1. The number of amides is 2. The molecule has 2 aromatic carbocycles. The van der Waals surface area contributed by atoms with Gasteiger partial charge in [0.1, 0.15) is 5.76 Å². The number of fused-ring (bicyclic) bond motifs is 2. The van der Waals surface area contributed by atoms with Gasteiger partial charge in [0.25, 0.3) is 17.6 Å². The fraction of sp³-hybridized carbons (Fsp3) is 0.387. The lowest BCUT2D eigenvalue weighted by atomic mass is 9.82. The Morgan fingerprint density at radius 3 is 2.33 bits per heavy atom. The minimum atomic E-state index is -3.75. The summed E-state index contributed by atoms with van der Waals surface area (Å²) in [7, 11) is -2.23. The highest BCUT2D eigenvalue weighted by atomic mass is 32.2. The number of nitrogens with zero attached hydrogens (tertiary/aromatic N) is 3. The number of anilines is 1. The second-order valence-electron chi connectivity index (χ2n) is 10.6. The van der Waals surface area contributed by atoms with Gasteiger partial charge in [0.05, 0.1) is 16.2 Å². The summed E-state index contributed by atoms with van der Waals surface area (Å²) >= 11 is 0. The molecule has 1 unspecified atom stereocenters. The highest BCUT2D eigenvalue weighted by molar-refractivity contribution is 7.89. The highest BCUT2D eigenvalue weighted by Gasteiger charge is 2.66. The molecule has 2 aromatic rings. The van der Waals surface area contributed by atoms with Crippen molar-refractivity contribution in [3.63, 3.8) is 0 Å². The number of sulfonamides is 1. The molecule has 10 nitrogen and oxygen atoms in total. The largest absolute Gasteiger partial charge is 0.507 e. The predicted molar refractivity (Wildman–Crippen MR) is 157 cm³/mol. The average molecular weight is 594 g/mol. The zero-order valence-electron chi connectivity index (χ0n) is 23.6. The summed E-state index contributed by atoms with van der Waals surface area (Å²) in [4.78, 5) is 44.3. The lowest BCUT2D eigenvalue weighted by Crippen LogP contribution is -2.52. The molecule has 2 saturated heterocycles. The van der Waals surface area contributed by atoms with Crippen LogP contribution in [-0.2, 0) is 34.7 Å². The lowest BCUT2D eigenvalue weighted by Gasteiger charge is -2.34. The number of methoxy groups -OCH3 is 1. The zero-order valence-corrected chi connectivity index (χ0v) is 24.4. The maximum atomic E-state index is 14.3. The topological polar surface area (TPSA) is 125 Å². The van der Waals surface area contributed by atoms with Crippen LogP contribution in [0.3, 0.4) is 0 Å². The molecule has 0 bridgehead atoms. The van der Waals surface area contributed by atoms with Gasteiger partial charge in [-0.05, 0) is 49.6 Å². The third-order valence-electron chi connectivity index (χ3n) is 8.18. The normalized spacial score (nSPS) is 22.5. The van der Waals surface area contributed by atoms with Gasteiger partial charge in [-0.2, -0.15) is 4.31 Å². The second-order valence-corrected chi connectivity index (χ2v) is 12.6. The van der Waals surface area contributed by atoms with E-state index in [4.69, 9.17) is 4.74 Å². The average Bonchev–Trinajstić information content (AvgIpc) is 3.20. The van der Waals surface area contributed by atoms with E-state index in [0.29, 0.717) is 30.8 Å². The summed E-state index contributed by atoms with van der Waals surface area (Å²) in [6.07, 6.45) is 5.45. The molecule has 1 atom stereocenters. The van der Waals surface area contributed by atoms with Gasteiger partial charge in [-0.15, -0.1) is 6.58 Å². The van der Waals surface area contributed by atoms with Crippen LogP contribution in [0.2, 0.25) is 0 Å². The summed E-state index contributed by atoms with van der Waals surface area (Å²) in [5.74, 6) is -3.00. The third kappa shape index (κ3) is 4.65. The first-order valence-electron chi connectivity index (χ1n) is 14.1. The molecule has 42 heavy (non-hydrogen) atoms. The standard InChI is InChI=1S/C31H35N3O7S/c1-3-17-33-25-12-7-6-11-24(25)31(30(33)38)26(28(36)29(37)34(31)20-10-21-41-2)27(35)22-13-15-23(16-14-22)42(39,40)32-18-8-4-5-9-19-32/h3,6-7,11-16,35H,1,4-5,8-10,17-21H2,2H3/b27-26+. The SMILES string of the molecule is C=CCN1C(=O)C2(/C(=C(/O)c3ccc(S(=O)(=O)N4CCCCCC4)cc3)C(=O)C(=O)N2CCCOC)c2ccccc21. The van der Waals surface area contributed by atoms with Gasteiger partial charge in [0.2, 0.25) is 10.0 Å². The van der Waals surface area contributed by atoms with E-state index in [2.05, 4.69) is 6.58 Å². The van der Waals surface area contributed by atoms with Crippen molar-refractivity contribution >= 4 is 39.1 Å². The maximum absolute atomic E-state index is 14.3. The number of likely N-dealkylation sites (tertiary alicyclic amines) is 1. The summed E-state index contributed by atoms with van der Waals surface area (Å²) in [6, 6.07) is 12.4. The first-order valence-corrected chi connectivity index (χ1v) is 15.6. The monoisotopic (exact) mass is 593 g/mol. The number of benzene rings is 2. The van der Waals surface area contributed by atoms with Crippen LogP contribution in [-0.4, -0.2) is 80.2 Å².